The molecule has 1 atom stereocenters. The third-order valence-corrected chi connectivity index (χ3v) is 3.03. The lowest BCUT2D eigenvalue weighted by Gasteiger charge is -2.12. The third kappa shape index (κ3) is 4.70. The van der Waals surface area contributed by atoms with Crippen LogP contribution < -0.4 is 14.2 Å². The summed E-state index contributed by atoms with van der Waals surface area (Å²) < 4.78 is 20.9. The van der Waals surface area contributed by atoms with Crippen molar-refractivity contribution in [1.29, 1.82) is 0 Å². The Kier molecular flexibility index (Phi) is 6.59. The standard InChI is InChI=1S/C16H22O5/c1-6-11(2)21-16(17)8-7-12-9-14(19-4)15(20-5)10-13(12)18-3/h7-11H,6H2,1-5H3. The Morgan fingerprint density at radius 1 is 1.10 bits per heavy atom. The van der Waals surface area contributed by atoms with Gasteiger partial charge in [-0.25, -0.2) is 4.79 Å². The lowest BCUT2D eigenvalue weighted by Crippen LogP contribution is -2.11. The van der Waals surface area contributed by atoms with E-state index < -0.39 is 0 Å². The van der Waals surface area contributed by atoms with E-state index in [1.807, 2.05) is 13.8 Å². The molecule has 5 nitrogen and oxygen atoms in total. The van der Waals surface area contributed by atoms with E-state index in [-0.39, 0.29) is 12.1 Å². The van der Waals surface area contributed by atoms with Gasteiger partial charge in [-0.05, 0) is 25.5 Å². The van der Waals surface area contributed by atoms with E-state index in [2.05, 4.69) is 0 Å². The highest BCUT2D eigenvalue weighted by molar-refractivity contribution is 5.88. The molecule has 116 valence electrons. The lowest BCUT2D eigenvalue weighted by molar-refractivity contribution is -0.142. The van der Waals surface area contributed by atoms with Crippen LogP contribution in [0.4, 0.5) is 0 Å². The molecule has 1 rings (SSSR count). The van der Waals surface area contributed by atoms with Crippen molar-refractivity contribution in [2.75, 3.05) is 21.3 Å². The van der Waals surface area contributed by atoms with Gasteiger partial charge in [-0.2, -0.15) is 0 Å². The van der Waals surface area contributed by atoms with Gasteiger partial charge in [0.05, 0.1) is 27.4 Å². The van der Waals surface area contributed by atoms with Gasteiger partial charge in [0.1, 0.15) is 5.75 Å². The molecule has 0 saturated carbocycles. The van der Waals surface area contributed by atoms with Crippen LogP contribution in [-0.4, -0.2) is 33.4 Å². The van der Waals surface area contributed by atoms with Crippen LogP contribution in [0.1, 0.15) is 25.8 Å². The maximum Gasteiger partial charge on any atom is 0.331 e. The molecule has 0 aromatic heterocycles. The number of carbonyl (C=O) groups excluding carboxylic acids is 1. The molecule has 0 heterocycles. The fourth-order valence-electron chi connectivity index (χ4n) is 1.66. The number of methoxy groups -OCH3 is 3. The molecule has 0 aliphatic heterocycles. The second kappa shape index (κ2) is 8.19. The van der Waals surface area contributed by atoms with Crippen molar-refractivity contribution in [1.82, 2.24) is 0 Å². The molecule has 1 unspecified atom stereocenters. The van der Waals surface area contributed by atoms with Gasteiger partial charge < -0.3 is 18.9 Å². The zero-order chi connectivity index (χ0) is 15.8. The number of rotatable bonds is 7. The minimum Gasteiger partial charge on any atom is -0.496 e. The van der Waals surface area contributed by atoms with Crippen molar-refractivity contribution < 1.29 is 23.7 Å². The smallest absolute Gasteiger partial charge is 0.331 e. The van der Waals surface area contributed by atoms with Gasteiger partial charge in [-0.3, -0.25) is 0 Å². The van der Waals surface area contributed by atoms with Crippen molar-refractivity contribution in [3.05, 3.63) is 23.8 Å². The number of hydrogen-bond acceptors (Lipinski definition) is 5. The Hall–Kier alpha value is -2.17. The summed E-state index contributed by atoms with van der Waals surface area (Å²) in [7, 11) is 4.65. The molecule has 1 aromatic carbocycles. The SMILES string of the molecule is CCC(C)OC(=O)C=Cc1cc(OC)c(OC)cc1OC. The van der Waals surface area contributed by atoms with E-state index in [1.54, 1.807) is 39.5 Å². The maximum absolute atomic E-state index is 11.7. The molecule has 0 saturated heterocycles. The van der Waals surface area contributed by atoms with Gasteiger partial charge in [-0.15, -0.1) is 0 Å². The molecule has 5 heteroatoms. The Labute approximate surface area is 125 Å². The topological polar surface area (TPSA) is 54.0 Å². The molecule has 0 bridgehead atoms. The summed E-state index contributed by atoms with van der Waals surface area (Å²) >= 11 is 0. The molecule has 0 spiro atoms. The van der Waals surface area contributed by atoms with E-state index in [9.17, 15) is 4.79 Å². The first-order chi connectivity index (χ1) is 10.0. The number of benzene rings is 1. The molecule has 0 amide bonds. The van der Waals surface area contributed by atoms with Crippen LogP contribution in [0.3, 0.4) is 0 Å². The van der Waals surface area contributed by atoms with Gasteiger partial charge in [0.2, 0.25) is 0 Å². The summed E-state index contributed by atoms with van der Waals surface area (Å²) in [5.41, 5.74) is 0.705. The Balaban J connectivity index is 2.98. The predicted molar refractivity (Wildman–Crippen MR) is 81.0 cm³/mol. The van der Waals surface area contributed by atoms with Gasteiger partial charge in [0.25, 0.3) is 0 Å². The van der Waals surface area contributed by atoms with Crippen LogP contribution >= 0.6 is 0 Å². The summed E-state index contributed by atoms with van der Waals surface area (Å²) in [5.74, 6) is 1.32. The molecule has 0 radical (unpaired) electrons. The Morgan fingerprint density at radius 2 is 1.67 bits per heavy atom. The van der Waals surface area contributed by atoms with Crippen molar-refractivity contribution >= 4 is 12.0 Å². The van der Waals surface area contributed by atoms with Crippen LogP contribution in [0.25, 0.3) is 6.08 Å². The Bertz CT molecular complexity index is 508. The number of hydrogen-bond donors (Lipinski definition) is 0. The average Bonchev–Trinajstić information content (AvgIpc) is 2.51. The molecule has 21 heavy (non-hydrogen) atoms. The number of ether oxygens (including phenoxy) is 4. The van der Waals surface area contributed by atoms with Gasteiger partial charge >= 0.3 is 5.97 Å². The highest BCUT2D eigenvalue weighted by Crippen LogP contribution is 2.35. The fraction of sp³-hybridized carbons (Fsp3) is 0.438. The summed E-state index contributed by atoms with van der Waals surface area (Å²) in [5, 5.41) is 0. The normalized spacial score (nSPS) is 12.0. The highest BCUT2D eigenvalue weighted by Gasteiger charge is 2.11. The van der Waals surface area contributed by atoms with Crippen LogP contribution in [0.2, 0.25) is 0 Å². The van der Waals surface area contributed by atoms with Crippen molar-refractivity contribution in [3.63, 3.8) is 0 Å². The Morgan fingerprint density at radius 3 is 2.19 bits per heavy atom. The average molecular weight is 294 g/mol. The van der Waals surface area contributed by atoms with E-state index in [0.717, 1.165) is 6.42 Å². The summed E-state index contributed by atoms with van der Waals surface area (Å²) in [6.45, 7) is 3.81. The molecule has 0 N–H and O–H groups in total. The van der Waals surface area contributed by atoms with Gasteiger partial charge in [0, 0.05) is 17.7 Å². The second-order valence-electron chi connectivity index (χ2n) is 4.44. The lowest BCUT2D eigenvalue weighted by atomic mass is 10.1. The van der Waals surface area contributed by atoms with Crippen LogP contribution in [0.15, 0.2) is 18.2 Å². The quantitative estimate of drug-likeness (QED) is 0.571. The zero-order valence-electron chi connectivity index (χ0n) is 13.1. The van der Waals surface area contributed by atoms with Crippen molar-refractivity contribution in [2.24, 2.45) is 0 Å². The molecule has 0 aliphatic carbocycles. The van der Waals surface area contributed by atoms with Crippen molar-refractivity contribution in [3.8, 4) is 17.2 Å². The van der Waals surface area contributed by atoms with Crippen LogP contribution in [0.5, 0.6) is 17.2 Å². The van der Waals surface area contributed by atoms with Crippen LogP contribution in [-0.2, 0) is 9.53 Å². The minimum absolute atomic E-state index is 0.102. The highest BCUT2D eigenvalue weighted by atomic mass is 16.5. The molecule has 0 aliphatic rings. The second-order valence-corrected chi connectivity index (χ2v) is 4.44. The summed E-state index contributed by atoms with van der Waals surface area (Å²) in [6.07, 6.45) is 3.68. The zero-order valence-corrected chi connectivity index (χ0v) is 13.1. The van der Waals surface area contributed by atoms with Gasteiger partial charge in [-0.1, -0.05) is 6.92 Å². The van der Waals surface area contributed by atoms with Crippen molar-refractivity contribution in [2.45, 2.75) is 26.4 Å². The third-order valence-electron chi connectivity index (χ3n) is 3.03. The number of esters is 1. The summed E-state index contributed by atoms with van der Waals surface area (Å²) in [4.78, 5) is 11.7. The van der Waals surface area contributed by atoms with Gasteiger partial charge in [0.15, 0.2) is 11.5 Å². The van der Waals surface area contributed by atoms with Crippen LogP contribution in [0, 0.1) is 0 Å². The largest absolute Gasteiger partial charge is 0.496 e. The first-order valence-corrected chi connectivity index (χ1v) is 6.74. The fourth-order valence-corrected chi connectivity index (χ4v) is 1.66. The monoisotopic (exact) mass is 294 g/mol. The molecule has 1 aromatic rings. The summed E-state index contributed by atoms with van der Waals surface area (Å²) in [6, 6.07) is 3.45. The predicted octanol–water partition coefficient (Wildman–Crippen LogP) is 3.07. The maximum atomic E-state index is 11.7. The number of carbonyl (C=O) groups is 1. The van der Waals surface area contributed by atoms with E-state index in [0.29, 0.717) is 22.8 Å². The minimum atomic E-state index is -0.388. The first-order valence-electron chi connectivity index (χ1n) is 6.74. The van der Waals surface area contributed by atoms with E-state index in [4.69, 9.17) is 18.9 Å². The molecule has 0 fully saturated rings. The van der Waals surface area contributed by atoms with E-state index in [1.165, 1.54) is 6.08 Å². The molecular formula is C16H22O5. The first kappa shape index (κ1) is 16.9. The molecular weight excluding hydrogens is 272 g/mol. The van der Waals surface area contributed by atoms with E-state index >= 15 is 0 Å².